The van der Waals surface area contributed by atoms with Gasteiger partial charge in [0.1, 0.15) is 6.10 Å². The summed E-state index contributed by atoms with van der Waals surface area (Å²) < 4.78 is 13.3. The van der Waals surface area contributed by atoms with Gasteiger partial charge in [-0.15, -0.1) is 0 Å². The quantitative estimate of drug-likeness (QED) is 0.840. The summed E-state index contributed by atoms with van der Waals surface area (Å²) >= 11 is 0. The molecule has 1 aliphatic heterocycles. The van der Waals surface area contributed by atoms with Crippen molar-refractivity contribution < 1.29 is 14.3 Å². The van der Waals surface area contributed by atoms with E-state index in [4.69, 9.17) is 9.47 Å². The lowest BCUT2D eigenvalue weighted by Crippen LogP contribution is -2.37. The molecule has 1 fully saturated rings. The Hall–Kier alpha value is -1.85. The van der Waals surface area contributed by atoms with E-state index >= 15 is 0 Å². The Morgan fingerprint density at radius 2 is 2.32 bits per heavy atom. The molecule has 2 atom stereocenters. The molecule has 25 heavy (non-hydrogen) atoms. The van der Waals surface area contributed by atoms with Gasteiger partial charge in [-0.05, 0) is 50.3 Å². The minimum Gasteiger partial charge on any atom is -0.376 e. The lowest BCUT2D eigenvalue weighted by atomic mass is 10.1. The predicted octanol–water partition coefficient (Wildman–Crippen LogP) is 2.73. The fourth-order valence-electron chi connectivity index (χ4n) is 3.34. The van der Waals surface area contributed by atoms with Crippen LogP contribution in [0.3, 0.4) is 0 Å². The lowest BCUT2D eigenvalue weighted by molar-refractivity contribution is -0.133. The Kier molecular flexibility index (Phi) is 5.76. The molecule has 0 unspecified atom stereocenters. The van der Waals surface area contributed by atoms with Crippen LogP contribution in [0.4, 0.5) is 0 Å². The first-order chi connectivity index (χ1) is 12.0. The van der Waals surface area contributed by atoms with E-state index in [1.54, 1.807) is 6.92 Å². The SMILES string of the molecule is Cc1ccc2c(CCNC(=O)[C@H](C)OC[C@@H]3CCCO3)cn(C)c2c1. The highest BCUT2D eigenvalue weighted by Gasteiger charge is 2.19. The molecule has 136 valence electrons. The molecular formula is C20H28N2O3. The van der Waals surface area contributed by atoms with Gasteiger partial charge in [-0.3, -0.25) is 4.79 Å². The molecule has 0 radical (unpaired) electrons. The topological polar surface area (TPSA) is 52.5 Å². The summed E-state index contributed by atoms with van der Waals surface area (Å²) in [7, 11) is 2.06. The molecule has 1 amide bonds. The van der Waals surface area contributed by atoms with E-state index < -0.39 is 6.10 Å². The standard InChI is InChI=1S/C20H28N2O3/c1-14-6-7-18-16(12-22(3)19(18)11-14)8-9-21-20(23)15(2)25-13-17-5-4-10-24-17/h6-7,11-12,15,17H,4-5,8-10,13H2,1-3H3,(H,21,23)/t15-,17-/m0/s1. The van der Waals surface area contributed by atoms with Gasteiger partial charge in [0.05, 0.1) is 12.7 Å². The minimum absolute atomic E-state index is 0.0610. The van der Waals surface area contributed by atoms with Crippen LogP contribution in [0.15, 0.2) is 24.4 Å². The van der Waals surface area contributed by atoms with Crippen molar-refractivity contribution in [2.75, 3.05) is 19.8 Å². The number of amides is 1. The number of rotatable bonds is 7. The number of fused-ring (bicyclic) bond motifs is 1. The Labute approximate surface area is 149 Å². The van der Waals surface area contributed by atoms with Gasteiger partial charge in [0, 0.05) is 37.3 Å². The summed E-state index contributed by atoms with van der Waals surface area (Å²) in [5, 5.41) is 4.23. The van der Waals surface area contributed by atoms with Crippen molar-refractivity contribution >= 4 is 16.8 Å². The molecule has 0 bridgehead atoms. The van der Waals surface area contributed by atoms with E-state index in [2.05, 4.69) is 48.3 Å². The number of aryl methyl sites for hydroxylation is 2. The fraction of sp³-hybridized carbons (Fsp3) is 0.550. The maximum absolute atomic E-state index is 12.2. The van der Waals surface area contributed by atoms with Crippen LogP contribution in [-0.2, 0) is 27.7 Å². The smallest absolute Gasteiger partial charge is 0.248 e. The van der Waals surface area contributed by atoms with E-state index in [-0.39, 0.29) is 12.0 Å². The van der Waals surface area contributed by atoms with Gasteiger partial charge in [0.25, 0.3) is 0 Å². The number of carbonyl (C=O) groups excluding carboxylic acids is 1. The molecule has 2 heterocycles. The number of hydrogen-bond donors (Lipinski definition) is 1. The molecule has 1 aromatic heterocycles. The number of nitrogens with one attached hydrogen (secondary N) is 1. The predicted molar refractivity (Wildman–Crippen MR) is 98.8 cm³/mol. The van der Waals surface area contributed by atoms with Crippen LogP contribution in [0.2, 0.25) is 0 Å². The highest BCUT2D eigenvalue weighted by molar-refractivity contribution is 5.85. The van der Waals surface area contributed by atoms with E-state index in [1.807, 2.05) is 0 Å². The van der Waals surface area contributed by atoms with Gasteiger partial charge >= 0.3 is 0 Å². The molecule has 1 aliphatic rings. The Morgan fingerprint density at radius 3 is 3.08 bits per heavy atom. The van der Waals surface area contributed by atoms with Gasteiger partial charge in [0.2, 0.25) is 5.91 Å². The molecule has 5 nitrogen and oxygen atoms in total. The second kappa shape index (κ2) is 8.02. The second-order valence-corrected chi connectivity index (χ2v) is 6.94. The molecule has 1 N–H and O–H groups in total. The van der Waals surface area contributed by atoms with Crippen molar-refractivity contribution in [3.63, 3.8) is 0 Å². The van der Waals surface area contributed by atoms with Gasteiger partial charge in [-0.2, -0.15) is 0 Å². The zero-order valence-corrected chi connectivity index (χ0v) is 15.4. The van der Waals surface area contributed by atoms with Crippen LogP contribution in [0.1, 0.15) is 30.9 Å². The summed E-state index contributed by atoms with van der Waals surface area (Å²) in [6.07, 6.45) is 4.76. The summed E-state index contributed by atoms with van der Waals surface area (Å²) in [6, 6.07) is 6.49. The third kappa shape index (κ3) is 4.41. The summed E-state index contributed by atoms with van der Waals surface area (Å²) in [6.45, 7) is 5.81. The van der Waals surface area contributed by atoms with Crippen LogP contribution < -0.4 is 5.32 Å². The number of hydrogen-bond acceptors (Lipinski definition) is 3. The fourth-order valence-corrected chi connectivity index (χ4v) is 3.34. The molecular weight excluding hydrogens is 316 g/mol. The Morgan fingerprint density at radius 1 is 1.48 bits per heavy atom. The summed E-state index contributed by atoms with van der Waals surface area (Å²) in [5.41, 5.74) is 3.74. The van der Waals surface area contributed by atoms with Gasteiger partial charge in [-0.1, -0.05) is 12.1 Å². The first-order valence-electron chi connectivity index (χ1n) is 9.10. The second-order valence-electron chi connectivity index (χ2n) is 6.94. The maximum Gasteiger partial charge on any atom is 0.248 e. The van der Waals surface area contributed by atoms with Crippen LogP contribution in [0.5, 0.6) is 0 Å². The van der Waals surface area contributed by atoms with E-state index in [0.717, 1.165) is 25.9 Å². The average Bonchev–Trinajstić information content (AvgIpc) is 3.21. The molecule has 5 heteroatoms. The number of aromatic nitrogens is 1. The van der Waals surface area contributed by atoms with E-state index in [9.17, 15) is 4.79 Å². The zero-order chi connectivity index (χ0) is 17.8. The first-order valence-corrected chi connectivity index (χ1v) is 9.10. The highest BCUT2D eigenvalue weighted by Crippen LogP contribution is 2.22. The minimum atomic E-state index is -0.445. The number of nitrogens with zero attached hydrogens (tertiary/aromatic N) is 1. The van der Waals surface area contributed by atoms with Crippen LogP contribution >= 0.6 is 0 Å². The first kappa shape index (κ1) is 18.0. The highest BCUT2D eigenvalue weighted by atomic mass is 16.5. The Balaban J connectivity index is 1.48. The molecule has 1 saturated heterocycles. The molecule has 0 saturated carbocycles. The molecule has 0 aliphatic carbocycles. The zero-order valence-electron chi connectivity index (χ0n) is 15.4. The van der Waals surface area contributed by atoms with Crippen molar-refractivity contribution in [2.24, 2.45) is 7.05 Å². The van der Waals surface area contributed by atoms with Crippen molar-refractivity contribution in [1.29, 1.82) is 0 Å². The maximum atomic E-state index is 12.2. The van der Waals surface area contributed by atoms with Crippen LogP contribution in [-0.4, -0.2) is 42.4 Å². The van der Waals surface area contributed by atoms with Crippen LogP contribution in [0, 0.1) is 6.92 Å². The van der Waals surface area contributed by atoms with Crippen molar-refractivity contribution in [1.82, 2.24) is 9.88 Å². The average molecular weight is 344 g/mol. The largest absolute Gasteiger partial charge is 0.376 e. The lowest BCUT2D eigenvalue weighted by Gasteiger charge is -2.16. The van der Waals surface area contributed by atoms with Gasteiger partial charge in [-0.25, -0.2) is 0 Å². The number of benzene rings is 1. The number of ether oxygens (including phenoxy) is 2. The van der Waals surface area contributed by atoms with E-state index in [0.29, 0.717) is 13.2 Å². The monoisotopic (exact) mass is 344 g/mol. The third-order valence-corrected chi connectivity index (χ3v) is 4.85. The number of carbonyl (C=O) groups is 1. The molecule has 0 spiro atoms. The molecule has 2 aromatic rings. The normalized spacial score (nSPS) is 18.6. The Bertz CT molecular complexity index is 732. The molecule has 3 rings (SSSR count). The third-order valence-electron chi connectivity index (χ3n) is 4.85. The van der Waals surface area contributed by atoms with Gasteiger partial charge < -0.3 is 19.4 Å². The summed E-state index contributed by atoms with van der Waals surface area (Å²) in [5.74, 6) is -0.0610. The van der Waals surface area contributed by atoms with Crippen molar-refractivity contribution in [3.05, 3.63) is 35.5 Å². The summed E-state index contributed by atoms with van der Waals surface area (Å²) in [4.78, 5) is 12.2. The molecule has 1 aromatic carbocycles. The van der Waals surface area contributed by atoms with Crippen molar-refractivity contribution in [3.8, 4) is 0 Å². The van der Waals surface area contributed by atoms with Crippen LogP contribution in [0.25, 0.3) is 10.9 Å². The van der Waals surface area contributed by atoms with E-state index in [1.165, 1.54) is 22.0 Å². The van der Waals surface area contributed by atoms with Crippen molar-refractivity contribution in [2.45, 2.75) is 45.3 Å². The van der Waals surface area contributed by atoms with Gasteiger partial charge in [0.15, 0.2) is 0 Å².